The number of aromatic amines is 1. The van der Waals surface area contributed by atoms with Gasteiger partial charge >= 0.3 is 0 Å². The number of H-pyrrole nitrogens is 1. The van der Waals surface area contributed by atoms with E-state index in [1.807, 2.05) is 31.2 Å². The van der Waals surface area contributed by atoms with Crippen LogP contribution in [0.5, 0.6) is 0 Å². The lowest BCUT2D eigenvalue weighted by Gasteiger charge is -2.01. The van der Waals surface area contributed by atoms with E-state index in [-0.39, 0.29) is 0 Å². The average Bonchev–Trinajstić information content (AvgIpc) is 2.46. The van der Waals surface area contributed by atoms with Crippen molar-refractivity contribution in [2.45, 2.75) is 6.92 Å². The standard InChI is InChI=1S/C10H10ClN3/c1-6-9(10(12)14-13-6)7-3-2-4-8(11)5-7/h2-5H,1H3,(H3,12,13,14). The molecule has 1 heterocycles. The topological polar surface area (TPSA) is 54.7 Å². The third kappa shape index (κ3) is 1.46. The number of nitrogens with two attached hydrogens (primary N) is 1. The molecular formula is C10H10ClN3. The van der Waals surface area contributed by atoms with E-state index in [0.717, 1.165) is 16.8 Å². The van der Waals surface area contributed by atoms with E-state index in [1.54, 1.807) is 0 Å². The Kier molecular flexibility index (Phi) is 2.17. The van der Waals surface area contributed by atoms with Crippen LogP contribution in [-0.2, 0) is 0 Å². The van der Waals surface area contributed by atoms with Gasteiger partial charge in [0.1, 0.15) is 0 Å². The molecule has 0 aliphatic heterocycles. The minimum Gasteiger partial charge on any atom is -0.382 e. The van der Waals surface area contributed by atoms with Gasteiger partial charge < -0.3 is 5.73 Å². The largest absolute Gasteiger partial charge is 0.382 e. The summed E-state index contributed by atoms with van der Waals surface area (Å²) in [6.07, 6.45) is 0. The Morgan fingerprint density at radius 2 is 2.21 bits per heavy atom. The summed E-state index contributed by atoms with van der Waals surface area (Å²) >= 11 is 5.90. The van der Waals surface area contributed by atoms with Gasteiger partial charge in [0.15, 0.2) is 5.82 Å². The van der Waals surface area contributed by atoms with E-state index < -0.39 is 0 Å². The van der Waals surface area contributed by atoms with Crippen LogP contribution < -0.4 is 5.73 Å². The maximum absolute atomic E-state index is 5.90. The number of aromatic nitrogens is 2. The summed E-state index contributed by atoms with van der Waals surface area (Å²) < 4.78 is 0. The highest BCUT2D eigenvalue weighted by molar-refractivity contribution is 6.30. The summed E-state index contributed by atoms with van der Waals surface area (Å²) in [5, 5.41) is 7.47. The second-order valence-electron chi connectivity index (χ2n) is 3.12. The number of aryl methyl sites for hydroxylation is 1. The first-order chi connectivity index (χ1) is 6.68. The monoisotopic (exact) mass is 207 g/mol. The lowest BCUT2D eigenvalue weighted by atomic mass is 10.1. The van der Waals surface area contributed by atoms with Crippen LogP contribution in [-0.4, -0.2) is 10.2 Å². The van der Waals surface area contributed by atoms with Gasteiger partial charge in [-0.3, -0.25) is 5.10 Å². The van der Waals surface area contributed by atoms with Gasteiger partial charge in [0.05, 0.1) is 0 Å². The van der Waals surface area contributed by atoms with E-state index in [0.29, 0.717) is 10.8 Å². The van der Waals surface area contributed by atoms with Crippen LogP contribution in [0.2, 0.25) is 5.02 Å². The van der Waals surface area contributed by atoms with Crippen LogP contribution >= 0.6 is 11.6 Å². The quantitative estimate of drug-likeness (QED) is 0.755. The maximum atomic E-state index is 5.90. The van der Waals surface area contributed by atoms with Crippen molar-refractivity contribution < 1.29 is 0 Å². The fraction of sp³-hybridized carbons (Fsp3) is 0.100. The molecule has 3 N–H and O–H groups in total. The molecule has 0 fully saturated rings. The van der Waals surface area contributed by atoms with Gasteiger partial charge in [0, 0.05) is 16.3 Å². The van der Waals surface area contributed by atoms with Crippen molar-refractivity contribution in [2.75, 3.05) is 5.73 Å². The van der Waals surface area contributed by atoms with Crippen LogP contribution in [0.1, 0.15) is 5.69 Å². The normalized spacial score (nSPS) is 10.4. The van der Waals surface area contributed by atoms with Gasteiger partial charge in [-0.1, -0.05) is 23.7 Å². The number of anilines is 1. The molecule has 1 aromatic carbocycles. The van der Waals surface area contributed by atoms with E-state index in [1.165, 1.54) is 0 Å². The SMILES string of the molecule is Cc1[nH]nc(N)c1-c1cccc(Cl)c1. The molecule has 4 heteroatoms. The molecule has 2 aromatic rings. The predicted molar refractivity (Wildman–Crippen MR) is 58.2 cm³/mol. The fourth-order valence-corrected chi connectivity index (χ4v) is 1.65. The first-order valence-electron chi connectivity index (χ1n) is 4.25. The Hall–Kier alpha value is -1.48. The summed E-state index contributed by atoms with van der Waals surface area (Å²) in [6, 6.07) is 7.55. The Morgan fingerprint density at radius 1 is 1.43 bits per heavy atom. The highest BCUT2D eigenvalue weighted by atomic mass is 35.5. The minimum absolute atomic E-state index is 0.504. The zero-order valence-electron chi connectivity index (χ0n) is 7.71. The van der Waals surface area contributed by atoms with Gasteiger partial charge in [-0.25, -0.2) is 0 Å². The van der Waals surface area contributed by atoms with Gasteiger partial charge in [0.2, 0.25) is 0 Å². The second kappa shape index (κ2) is 3.35. The fourth-order valence-electron chi connectivity index (χ4n) is 1.46. The summed E-state index contributed by atoms with van der Waals surface area (Å²) in [5.41, 5.74) is 8.60. The molecular weight excluding hydrogens is 198 g/mol. The third-order valence-corrected chi connectivity index (χ3v) is 2.32. The molecule has 0 bridgehead atoms. The van der Waals surface area contributed by atoms with Crippen LogP contribution in [0.15, 0.2) is 24.3 Å². The number of hydrogen-bond acceptors (Lipinski definition) is 2. The van der Waals surface area contributed by atoms with Crippen LogP contribution in [0.3, 0.4) is 0 Å². The summed E-state index contributed by atoms with van der Waals surface area (Å²) in [7, 11) is 0. The van der Waals surface area contributed by atoms with Crippen LogP contribution in [0.25, 0.3) is 11.1 Å². The molecule has 0 saturated carbocycles. The van der Waals surface area contributed by atoms with Crippen molar-refractivity contribution >= 4 is 17.4 Å². The van der Waals surface area contributed by atoms with Gasteiger partial charge in [-0.2, -0.15) is 5.10 Å². The molecule has 0 aliphatic rings. The third-order valence-electron chi connectivity index (χ3n) is 2.09. The van der Waals surface area contributed by atoms with Gasteiger partial charge in [-0.05, 0) is 24.6 Å². The van der Waals surface area contributed by atoms with E-state index in [2.05, 4.69) is 10.2 Å². The predicted octanol–water partition coefficient (Wildman–Crippen LogP) is 2.62. The van der Waals surface area contributed by atoms with E-state index >= 15 is 0 Å². The minimum atomic E-state index is 0.504. The van der Waals surface area contributed by atoms with Crippen LogP contribution in [0.4, 0.5) is 5.82 Å². The number of rotatable bonds is 1. The van der Waals surface area contributed by atoms with Crippen molar-refractivity contribution in [3.8, 4) is 11.1 Å². The molecule has 0 unspecified atom stereocenters. The molecule has 0 spiro atoms. The molecule has 0 radical (unpaired) electrons. The highest BCUT2D eigenvalue weighted by Gasteiger charge is 2.09. The van der Waals surface area contributed by atoms with Crippen molar-refractivity contribution in [2.24, 2.45) is 0 Å². The number of nitrogens with one attached hydrogen (secondary N) is 1. The Labute approximate surface area is 86.9 Å². The number of hydrogen-bond donors (Lipinski definition) is 2. The molecule has 0 amide bonds. The molecule has 3 nitrogen and oxygen atoms in total. The number of nitrogens with zero attached hydrogens (tertiary/aromatic N) is 1. The van der Waals surface area contributed by atoms with Gasteiger partial charge in [-0.15, -0.1) is 0 Å². The molecule has 1 aromatic heterocycles. The first-order valence-corrected chi connectivity index (χ1v) is 4.62. The molecule has 0 aliphatic carbocycles. The molecule has 2 rings (SSSR count). The number of halogens is 1. The van der Waals surface area contributed by atoms with Gasteiger partial charge in [0.25, 0.3) is 0 Å². The Bertz CT molecular complexity index is 443. The Morgan fingerprint density at radius 3 is 2.79 bits per heavy atom. The Balaban J connectivity index is 2.59. The second-order valence-corrected chi connectivity index (χ2v) is 3.56. The summed E-state index contributed by atoms with van der Waals surface area (Å²) in [4.78, 5) is 0. The zero-order chi connectivity index (χ0) is 10.1. The average molecular weight is 208 g/mol. The maximum Gasteiger partial charge on any atom is 0.153 e. The van der Waals surface area contributed by atoms with E-state index in [4.69, 9.17) is 17.3 Å². The number of nitrogen functional groups attached to an aromatic ring is 1. The summed E-state index contributed by atoms with van der Waals surface area (Å²) in [6.45, 7) is 1.93. The van der Waals surface area contributed by atoms with Crippen molar-refractivity contribution in [1.82, 2.24) is 10.2 Å². The zero-order valence-corrected chi connectivity index (χ0v) is 8.47. The van der Waals surface area contributed by atoms with Crippen molar-refractivity contribution in [3.63, 3.8) is 0 Å². The molecule has 0 atom stereocenters. The van der Waals surface area contributed by atoms with E-state index in [9.17, 15) is 0 Å². The van der Waals surface area contributed by atoms with Crippen molar-refractivity contribution in [1.29, 1.82) is 0 Å². The lowest BCUT2D eigenvalue weighted by Crippen LogP contribution is -1.88. The number of benzene rings is 1. The molecule has 72 valence electrons. The smallest absolute Gasteiger partial charge is 0.153 e. The van der Waals surface area contributed by atoms with Crippen LogP contribution in [0, 0.1) is 6.92 Å². The first kappa shape index (κ1) is 9.09. The lowest BCUT2D eigenvalue weighted by molar-refractivity contribution is 1.05. The molecule has 0 saturated heterocycles. The highest BCUT2D eigenvalue weighted by Crippen LogP contribution is 2.28. The molecule has 14 heavy (non-hydrogen) atoms. The summed E-state index contributed by atoms with van der Waals surface area (Å²) in [5.74, 6) is 0.504. The van der Waals surface area contributed by atoms with Crippen molar-refractivity contribution in [3.05, 3.63) is 35.0 Å².